The van der Waals surface area contributed by atoms with Crippen molar-refractivity contribution in [3.63, 3.8) is 0 Å². The zero-order valence-corrected chi connectivity index (χ0v) is 16.5. The highest BCUT2D eigenvalue weighted by atomic mass is 35.5. The maximum atomic E-state index is 12.5. The van der Waals surface area contributed by atoms with Crippen LogP contribution in [0.25, 0.3) is 0 Å². The Morgan fingerprint density at radius 3 is 2.72 bits per heavy atom. The summed E-state index contributed by atoms with van der Waals surface area (Å²) in [5.74, 6) is 0.939. The van der Waals surface area contributed by atoms with Crippen LogP contribution in [0.3, 0.4) is 0 Å². The van der Waals surface area contributed by atoms with E-state index in [1.54, 1.807) is 0 Å². The van der Waals surface area contributed by atoms with Gasteiger partial charge in [-0.3, -0.25) is 4.79 Å². The maximum Gasteiger partial charge on any atom is 0.242 e. The molecule has 7 heteroatoms. The van der Waals surface area contributed by atoms with Gasteiger partial charge in [0.1, 0.15) is 11.9 Å². The van der Waals surface area contributed by atoms with Crippen molar-refractivity contribution in [1.82, 2.24) is 15.3 Å². The number of halogens is 1. The van der Waals surface area contributed by atoms with Crippen LogP contribution in [-0.4, -0.2) is 41.7 Å². The lowest BCUT2D eigenvalue weighted by Crippen LogP contribution is -2.41. The topological polar surface area (TPSA) is 76.1 Å². The van der Waals surface area contributed by atoms with Gasteiger partial charge in [-0.1, -0.05) is 27.2 Å². The fourth-order valence-corrected chi connectivity index (χ4v) is 2.66. The van der Waals surface area contributed by atoms with Gasteiger partial charge in [0.05, 0.1) is 0 Å². The maximum absolute atomic E-state index is 12.5. The number of aryl methyl sites for hydroxylation is 1. The van der Waals surface area contributed by atoms with Crippen LogP contribution in [0.4, 0.5) is 5.82 Å². The van der Waals surface area contributed by atoms with Crippen LogP contribution in [0.2, 0.25) is 5.28 Å². The second kappa shape index (κ2) is 12.0. The molecule has 25 heavy (non-hydrogen) atoms. The second-order valence-electron chi connectivity index (χ2n) is 6.43. The first-order chi connectivity index (χ1) is 12.0. The summed E-state index contributed by atoms with van der Waals surface area (Å²) in [6.07, 6.45) is 3.31. The summed E-state index contributed by atoms with van der Waals surface area (Å²) < 4.78 is 5.29. The Bertz CT molecular complexity index is 526. The summed E-state index contributed by atoms with van der Waals surface area (Å²) >= 11 is 6.01. The highest BCUT2D eigenvalue weighted by Gasteiger charge is 2.20. The summed E-state index contributed by atoms with van der Waals surface area (Å²) in [6.45, 7) is 10.2. The van der Waals surface area contributed by atoms with Crippen LogP contribution in [-0.2, 0) is 16.0 Å². The number of hydrogen-bond donors (Lipinski definition) is 2. The van der Waals surface area contributed by atoms with E-state index in [0.29, 0.717) is 37.9 Å². The second-order valence-corrected chi connectivity index (χ2v) is 6.77. The average Bonchev–Trinajstić information content (AvgIpc) is 2.53. The highest BCUT2D eigenvalue weighted by molar-refractivity contribution is 6.28. The number of ether oxygens (including phenoxy) is 1. The van der Waals surface area contributed by atoms with E-state index in [0.717, 1.165) is 25.0 Å². The summed E-state index contributed by atoms with van der Waals surface area (Å²) in [7, 11) is 0. The van der Waals surface area contributed by atoms with E-state index >= 15 is 0 Å². The molecule has 2 N–H and O–H groups in total. The molecular formula is C18H31ClN4O2. The van der Waals surface area contributed by atoms with E-state index < -0.39 is 0 Å². The van der Waals surface area contributed by atoms with Crippen molar-refractivity contribution in [3.8, 4) is 0 Å². The average molecular weight is 371 g/mol. The lowest BCUT2D eigenvalue weighted by molar-refractivity contribution is -0.122. The van der Waals surface area contributed by atoms with Crippen molar-refractivity contribution in [2.24, 2.45) is 5.92 Å². The van der Waals surface area contributed by atoms with Gasteiger partial charge in [0.15, 0.2) is 0 Å². The Kier molecular flexibility index (Phi) is 10.4. The molecule has 0 bridgehead atoms. The summed E-state index contributed by atoms with van der Waals surface area (Å²) in [4.78, 5) is 20.9. The zero-order chi connectivity index (χ0) is 18.7. The predicted molar refractivity (Wildman–Crippen MR) is 102 cm³/mol. The normalized spacial score (nSPS) is 12.2. The third-order valence-corrected chi connectivity index (χ3v) is 3.74. The lowest BCUT2D eigenvalue weighted by atomic mass is 10.0. The van der Waals surface area contributed by atoms with E-state index in [4.69, 9.17) is 16.3 Å². The van der Waals surface area contributed by atoms with Crippen molar-refractivity contribution >= 4 is 23.3 Å². The summed E-state index contributed by atoms with van der Waals surface area (Å²) in [6, 6.07) is 1.51. The van der Waals surface area contributed by atoms with Gasteiger partial charge >= 0.3 is 0 Å². The monoisotopic (exact) mass is 370 g/mol. The largest absolute Gasteiger partial charge is 0.382 e. The SMILES string of the molecule is CCCc1cc(NC(CC(C)C)C(=O)NCCCOCC)nc(Cl)n1. The smallest absolute Gasteiger partial charge is 0.242 e. The number of carbonyl (C=O) groups excluding carboxylic acids is 1. The number of anilines is 1. The number of carbonyl (C=O) groups is 1. The Morgan fingerprint density at radius 2 is 2.08 bits per heavy atom. The molecule has 1 heterocycles. The van der Waals surface area contributed by atoms with Crippen molar-refractivity contribution in [1.29, 1.82) is 0 Å². The lowest BCUT2D eigenvalue weighted by Gasteiger charge is -2.21. The van der Waals surface area contributed by atoms with E-state index in [-0.39, 0.29) is 17.2 Å². The first-order valence-corrected chi connectivity index (χ1v) is 9.49. The Labute approximate surface area is 156 Å². The Balaban J connectivity index is 2.70. The minimum absolute atomic E-state index is 0.0306. The van der Waals surface area contributed by atoms with Crippen molar-refractivity contribution in [2.45, 2.75) is 59.4 Å². The molecule has 142 valence electrons. The van der Waals surface area contributed by atoms with Crippen LogP contribution in [0.5, 0.6) is 0 Å². The molecule has 6 nitrogen and oxygen atoms in total. The Morgan fingerprint density at radius 1 is 1.32 bits per heavy atom. The molecule has 1 atom stereocenters. The number of nitrogens with zero attached hydrogens (tertiary/aromatic N) is 2. The molecule has 1 aromatic heterocycles. The first kappa shape index (κ1) is 21.6. The molecule has 0 aromatic carbocycles. The molecule has 0 aliphatic carbocycles. The van der Waals surface area contributed by atoms with Crippen LogP contribution >= 0.6 is 11.6 Å². The fourth-order valence-electron chi connectivity index (χ4n) is 2.46. The van der Waals surface area contributed by atoms with Gasteiger partial charge in [0.2, 0.25) is 11.2 Å². The van der Waals surface area contributed by atoms with E-state index in [2.05, 4.69) is 41.4 Å². The predicted octanol–water partition coefficient (Wildman–Crippen LogP) is 3.45. The summed E-state index contributed by atoms with van der Waals surface area (Å²) in [5.41, 5.74) is 0.880. The van der Waals surface area contributed by atoms with Gasteiger partial charge in [-0.15, -0.1) is 0 Å². The van der Waals surface area contributed by atoms with Crippen molar-refractivity contribution < 1.29 is 9.53 Å². The van der Waals surface area contributed by atoms with Crippen LogP contribution in [0.15, 0.2) is 6.07 Å². The zero-order valence-electron chi connectivity index (χ0n) is 15.8. The van der Waals surface area contributed by atoms with Crippen LogP contribution in [0, 0.1) is 5.92 Å². The molecule has 0 spiro atoms. The molecular weight excluding hydrogens is 340 g/mol. The highest BCUT2D eigenvalue weighted by Crippen LogP contribution is 2.16. The van der Waals surface area contributed by atoms with E-state index in [1.165, 1.54) is 0 Å². The van der Waals surface area contributed by atoms with Crippen molar-refractivity contribution in [3.05, 3.63) is 17.0 Å². The fraction of sp³-hybridized carbons (Fsp3) is 0.722. The molecule has 0 saturated heterocycles. The third kappa shape index (κ3) is 9.02. The standard InChI is InChI=1S/C18H31ClN4O2/c1-5-8-14-12-16(23-18(19)21-14)22-15(11-13(3)4)17(24)20-9-7-10-25-6-2/h12-13,15H,5-11H2,1-4H3,(H,20,24)(H,21,22,23). The van der Waals surface area contributed by atoms with Gasteiger partial charge < -0.3 is 15.4 Å². The molecule has 0 aliphatic heterocycles. The number of nitrogens with one attached hydrogen (secondary N) is 2. The van der Waals surface area contributed by atoms with E-state index in [9.17, 15) is 4.79 Å². The Hall–Kier alpha value is -1.40. The molecule has 1 amide bonds. The first-order valence-electron chi connectivity index (χ1n) is 9.11. The van der Waals surface area contributed by atoms with Gasteiger partial charge in [-0.2, -0.15) is 0 Å². The molecule has 0 saturated carbocycles. The minimum Gasteiger partial charge on any atom is -0.382 e. The van der Waals surface area contributed by atoms with Gasteiger partial charge in [-0.25, -0.2) is 9.97 Å². The number of aromatic nitrogens is 2. The van der Waals surface area contributed by atoms with Crippen LogP contribution < -0.4 is 10.6 Å². The van der Waals surface area contributed by atoms with E-state index in [1.807, 2.05) is 13.0 Å². The van der Waals surface area contributed by atoms with Gasteiger partial charge in [-0.05, 0) is 43.7 Å². The minimum atomic E-state index is -0.354. The molecule has 1 unspecified atom stereocenters. The van der Waals surface area contributed by atoms with Crippen LogP contribution in [0.1, 0.15) is 52.7 Å². The number of rotatable bonds is 12. The molecule has 0 fully saturated rings. The van der Waals surface area contributed by atoms with Gasteiger partial charge in [0.25, 0.3) is 0 Å². The van der Waals surface area contributed by atoms with Gasteiger partial charge in [0, 0.05) is 31.5 Å². The van der Waals surface area contributed by atoms with Crippen molar-refractivity contribution in [2.75, 3.05) is 25.1 Å². The summed E-state index contributed by atoms with van der Waals surface area (Å²) in [5, 5.41) is 6.39. The number of hydrogen-bond acceptors (Lipinski definition) is 5. The number of amides is 1. The molecule has 1 rings (SSSR count). The molecule has 1 aromatic rings. The third-order valence-electron chi connectivity index (χ3n) is 3.57. The quantitative estimate of drug-likeness (QED) is 0.435. The molecule has 0 aliphatic rings. The molecule has 0 radical (unpaired) electrons.